The zero-order valence-corrected chi connectivity index (χ0v) is 13.4. The molecule has 3 heterocycles. The third-order valence-corrected chi connectivity index (χ3v) is 3.81. The highest BCUT2D eigenvalue weighted by molar-refractivity contribution is 5.88. The molecule has 1 aliphatic rings. The number of cyclic esters (lactones) is 1. The van der Waals surface area contributed by atoms with Crippen molar-refractivity contribution in [2.75, 3.05) is 18.0 Å². The average molecular weight is 329 g/mol. The van der Waals surface area contributed by atoms with E-state index in [4.69, 9.17) is 4.74 Å². The van der Waals surface area contributed by atoms with E-state index >= 15 is 0 Å². The summed E-state index contributed by atoms with van der Waals surface area (Å²) in [6, 6.07) is 7.37. The first-order valence-electron chi connectivity index (χ1n) is 7.76. The number of aromatic nitrogens is 3. The quantitative estimate of drug-likeness (QED) is 0.850. The van der Waals surface area contributed by atoms with Crippen molar-refractivity contribution in [3.8, 4) is 0 Å². The molecule has 1 atom stereocenters. The maximum atomic E-state index is 11.9. The van der Waals surface area contributed by atoms with Crippen molar-refractivity contribution in [2.45, 2.75) is 18.9 Å². The van der Waals surface area contributed by atoms with E-state index in [1.54, 1.807) is 30.2 Å². The first kappa shape index (κ1) is 16.0. The number of nitrogens with zero attached hydrogens (tertiary/aromatic N) is 4. The Hall–Kier alpha value is -2.90. The van der Waals surface area contributed by atoms with Crippen molar-refractivity contribution in [3.05, 3.63) is 42.4 Å². The summed E-state index contributed by atoms with van der Waals surface area (Å²) < 4.78 is 6.89. The number of carbonyl (C=O) groups is 2. The van der Waals surface area contributed by atoms with Crippen LogP contribution < -0.4 is 10.2 Å². The molecule has 2 aromatic rings. The van der Waals surface area contributed by atoms with Gasteiger partial charge >= 0.3 is 6.09 Å². The minimum atomic E-state index is -0.425. The van der Waals surface area contributed by atoms with Gasteiger partial charge in [-0.2, -0.15) is 5.10 Å². The SMILES string of the molecule is Cn1nccc1N1CC(CNC(=O)CCc2ccccn2)OC1=O. The molecule has 0 bridgehead atoms. The summed E-state index contributed by atoms with van der Waals surface area (Å²) in [4.78, 5) is 29.5. The molecule has 8 heteroatoms. The van der Waals surface area contributed by atoms with Gasteiger partial charge in [-0.1, -0.05) is 6.07 Å². The van der Waals surface area contributed by atoms with Crippen molar-refractivity contribution in [2.24, 2.45) is 7.05 Å². The summed E-state index contributed by atoms with van der Waals surface area (Å²) in [6.07, 6.45) is 3.46. The number of rotatable bonds is 6. The van der Waals surface area contributed by atoms with Gasteiger partial charge in [0.1, 0.15) is 11.9 Å². The maximum Gasteiger partial charge on any atom is 0.416 e. The normalized spacial score (nSPS) is 17.0. The van der Waals surface area contributed by atoms with Crippen LogP contribution in [0.1, 0.15) is 12.1 Å². The Balaban J connectivity index is 1.45. The number of hydrogen-bond donors (Lipinski definition) is 1. The summed E-state index contributed by atoms with van der Waals surface area (Å²) in [5.41, 5.74) is 0.877. The molecule has 24 heavy (non-hydrogen) atoms. The summed E-state index contributed by atoms with van der Waals surface area (Å²) in [6.45, 7) is 0.681. The number of anilines is 1. The van der Waals surface area contributed by atoms with Crippen LogP contribution in [0, 0.1) is 0 Å². The van der Waals surface area contributed by atoms with Crippen LogP contribution in [0.25, 0.3) is 0 Å². The van der Waals surface area contributed by atoms with Gasteiger partial charge in [-0.15, -0.1) is 0 Å². The second-order valence-corrected chi connectivity index (χ2v) is 5.55. The smallest absolute Gasteiger partial charge is 0.416 e. The second kappa shape index (κ2) is 7.12. The molecule has 1 saturated heterocycles. The monoisotopic (exact) mass is 329 g/mol. The van der Waals surface area contributed by atoms with E-state index in [1.165, 1.54) is 4.90 Å². The van der Waals surface area contributed by atoms with E-state index in [0.717, 1.165) is 5.69 Å². The van der Waals surface area contributed by atoms with E-state index in [-0.39, 0.29) is 12.0 Å². The van der Waals surface area contributed by atoms with Crippen molar-refractivity contribution < 1.29 is 14.3 Å². The van der Waals surface area contributed by atoms with Gasteiger partial charge in [-0.3, -0.25) is 19.4 Å². The van der Waals surface area contributed by atoms with E-state index in [0.29, 0.717) is 31.7 Å². The van der Waals surface area contributed by atoms with Crippen LogP contribution in [0.2, 0.25) is 0 Å². The van der Waals surface area contributed by atoms with Crippen LogP contribution >= 0.6 is 0 Å². The van der Waals surface area contributed by atoms with Crippen LogP contribution in [0.4, 0.5) is 10.6 Å². The third-order valence-electron chi connectivity index (χ3n) is 3.81. The number of hydrogen-bond acceptors (Lipinski definition) is 5. The molecule has 2 amide bonds. The van der Waals surface area contributed by atoms with Gasteiger partial charge in [0, 0.05) is 31.4 Å². The first-order valence-corrected chi connectivity index (χ1v) is 7.76. The Morgan fingerprint density at radius 3 is 2.96 bits per heavy atom. The first-order chi connectivity index (χ1) is 11.6. The largest absolute Gasteiger partial charge is 0.442 e. The number of pyridine rings is 1. The van der Waals surface area contributed by atoms with Gasteiger partial charge in [-0.05, 0) is 18.6 Å². The summed E-state index contributed by atoms with van der Waals surface area (Å²) in [5, 5.41) is 6.84. The molecule has 1 aliphatic heterocycles. The standard InChI is InChI=1S/C16H19N5O3/c1-20-15(7-9-19-20)21-11-13(24-16(21)23)10-18-14(22)6-5-12-4-2-3-8-17-12/h2-4,7-9,13H,5-6,10-11H2,1H3,(H,18,22). The molecular weight excluding hydrogens is 310 g/mol. The van der Waals surface area contributed by atoms with E-state index in [1.807, 2.05) is 18.2 Å². The lowest BCUT2D eigenvalue weighted by Gasteiger charge is -2.12. The highest BCUT2D eigenvalue weighted by atomic mass is 16.6. The molecule has 1 N–H and O–H groups in total. The number of amides is 2. The Kier molecular flexibility index (Phi) is 4.74. The van der Waals surface area contributed by atoms with Crippen LogP contribution in [0.5, 0.6) is 0 Å². The lowest BCUT2D eigenvalue weighted by atomic mass is 10.2. The molecular formula is C16H19N5O3. The molecule has 0 spiro atoms. The second-order valence-electron chi connectivity index (χ2n) is 5.55. The highest BCUT2D eigenvalue weighted by Gasteiger charge is 2.33. The van der Waals surface area contributed by atoms with Crippen LogP contribution in [0.3, 0.4) is 0 Å². The van der Waals surface area contributed by atoms with E-state index in [2.05, 4.69) is 15.4 Å². The Labute approximate surface area is 139 Å². The molecule has 2 aromatic heterocycles. The van der Waals surface area contributed by atoms with Gasteiger partial charge in [0.05, 0.1) is 19.3 Å². The van der Waals surface area contributed by atoms with Crippen LogP contribution in [-0.4, -0.2) is 46.0 Å². The summed E-state index contributed by atoms with van der Waals surface area (Å²) >= 11 is 0. The number of aryl methyl sites for hydroxylation is 2. The number of ether oxygens (including phenoxy) is 1. The Bertz CT molecular complexity index is 716. The minimum absolute atomic E-state index is 0.0873. The summed E-state index contributed by atoms with van der Waals surface area (Å²) in [5.74, 6) is 0.583. The molecule has 0 aliphatic carbocycles. The third kappa shape index (κ3) is 3.70. The average Bonchev–Trinajstić information content (AvgIpc) is 3.17. The Morgan fingerprint density at radius 2 is 2.25 bits per heavy atom. The maximum absolute atomic E-state index is 11.9. The number of carbonyl (C=O) groups excluding carboxylic acids is 2. The molecule has 0 aromatic carbocycles. The molecule has 1 unspecified atom stereocenters. The van der Waals surface area contributed by atoms with E-state index < -0.39 is 6.09 Å². The fourth-order valence-corrected chi connectivity index (χ4v) is 2.55. The van der Waals surface area contributed by atoms with Crippen molar-refractivity contribution in [3.63, 3.8) is 0 Å². The molecule has 0 saturated carbocycles. The molecule has 3 rings (SSSR count). The van der Waals surface area contributed by atoms with E-state index in [9.17, 15) is 9.59 Å². The van der Waals surface area contributed by atoms with Crippen molar-refractivity contribution in [1.29, 1.82) is 0 Å². The van der Waals surface area contributed by atoms with Gasteiger partial charge < -0.3 is 10.1 Å². The molecule has 126 valence electrons. The fourth-order valence-electron chi connectivity index (χ4n) is 2.55. The Morgan fingerprint density at radius 1 is 1.38 bits per heavy atom. The van der Waals surface area contributed by atoms with Crippen molar-refractivity contribution in [1.82, 2.24) is 20.1 Å². The topological polar surface area (TPSA) is 89.3 Å². The predicted octanol–water partition coefficient (Wildman–Crippen LogP) is 0.889. The van der Waals surface area contributed by atoms with Gasteiger partial charge in [-0.25, -0.2) is 4.79 Å². The molecule has 0 radical (unpaired) electrons. The van der Waals surface area contributed by atoms with Crippen molar-refractivity contribution >= 4 is 17.8 Å². The lowest BCUT2D eigenvalue weighted by molar-refractivity contribution is -0.121. The summed E-state index contributed by atoms with van der Waals surface area (Å²) in [7, 11) is 1.76. The fraction of sp³-hybridized carbons (Fsp3) is 0.375. The minimum Gasteiger partial charge on any atom is -0.442 e. The van der Waals surface area contributed by atoms with Gasteiger partial charge in [0.25, 0.3) is 0 Å². The molecule has 8 nitrogen and oxygen atoms in total. The molecule has 1 fully saturated rings. The predicted molar refractivity (Wildman–Crippen MR) is 86.4 cm³/mol. The zero-order valence-electron chi connectivity index (χ0n) is 13.4. The van der Waals surface area contributed by atoms with Gasteiger partial charge in [0.2, 0.25) is 5.91 Å². The highest BCUT2D eigenvalue weighted by Crippen LogP contribution is 2.20. The van der Waals surface area contributed by atoms with Crippen LogP contribution in [-0.2, 0) is 23.0 Å². The zero-order chi connectivity index (χ0) is 16.9. The van der Waals surface area contributed by atoms with Gasteiger partial charge in [0.15, 0.2) is 0 Å². The number of nitrogens with one attached hydrogen (secondary N) is 1. The van der Waals surface area contributed by atoms with Crippen LogP contribution in [0.15, 0.2) is 36.7 Å². The lowest BCUT2D eigenvalue weighted by Crippen LogP contribution is -2.35.